The van der Waals surface area contributed by atoms with Gasteiger partial charge in [0.25, 0.3) is 0 Å². The fourth-order valence-corrected chi connectivity index (χ4v) is 2.10. The lowest BCUT2D eigenvalue weighted by atomic mass is 10.2. The maximum Gasteiger partial charge on any atom is 0.383 e. The van der Waals surface area contributed by atoms with E-state index in [-0.39, 0.29) is 35.0 Å². The predicted octanol–water partition coefficient (Wildman–Crippen LogP) is 3.29. The molecule has 0 saturated heterocycles. The molecule has 0 N–H and O–H groups in total. The Morgan fingerprint density at radius 3 is 2.22 bits per heavy atom. The summed E-state index contributed by atoms with van der Waals surface area (Å²) in [7, 11) is 0. The minimum atomic E-state index is -0.637. The van der Waals surface area contributed by atoms with Gasteiger partial charge in [0.05, 0.1) is 12.2 Å². The third-order valence-electron chi connectivity index (χ3n) is 2.77. The molecule has 6 nitrogen and oxygen atoms in total. The molecule has 0 unspecified atom stereocenters. The van der Waals surface area contributed by atoms with Crippen LogP contribution in [0.15, 0.2) is 27.4 Å². The molecule has 124 valence electrons. The van der Waals surface area contributed by atoms with E-state index in [9.17, 15) is 9.59 Å². The van der Waals surface area contributed by atoms with E-state index in [2.05, 4.69) is 0 Å². The molecule has 0 aliphatic rings. The standard InChI is InChI=1S/C17H20O6/c1-9(2)20-15-14-12(22-11(5)18)7-6-8-13(14)23-17(19)16(15)21-10(3)4/h6-10H,1-5H3. The van der Waals surface area contributed by atoms with Gasteiger partial charge in [-0.15, -0.1) is 0 Å². The largest absolute Gasteiger partial charge is 0.486 e. The van der Waals surface area contributed by atoms with Gasteiger partial charge in [0.15, 0.2) is 5.75 Å². The Kier molecular flexibility index (Phi) is 4.93. The molecule has 0 spiro atoms. The first-order chi connectivity index (χ1) is 10.8. The van der Waals surface area contributed by atoms with Crippen LogP contribution < -0.4 is 19.8 Å². The number of benzene rings is 1. The van der Waals surface area contributed by atoms with E-state index in [0.717, 1.165) is 0 Å². The summed E-state index contributed by atoms with van der Waals surface area (Å²) in [4.78, 5) is 23.6. The number of rotatable bonds is 5. The zero-order valence-electron chi connectivity index (χ0n) is 13.8. The van der Waals surface area contributed by atoms with Crippen LogP contribution in [-0.4, -0.2) is 18.2 Å². The van der Waals surface area contributed by atoms with E-state index in [1.165, 1.54) is 6.92 Å². The lowest BCUT2D eigenvalue weighted by Gasteiger charge is -2.18. The summed E-state index contributed by atoms with van der Waals surface area (Å²) in [5, 5.41) is 0.395. The molecule has 0 fully saturated rings. The minimum Gasteiger partial charge on any atom is -0.486 e. The van der Waals surface area contributed by atoms with Crippen LogP contribution in [-0.2, 0) is 4.79 Å². The van der Waals surface area contributed by atoms with Gasteiger partial charge >= 0.3 is 11.6 Å². The topological polar surface area (TPSA) is 75.0 Å². The van der Waals surface area contributed by atoms with Gasteiger partial charge in [-0.05, 0) is 39.8 Å². The molecule has 6 heteroatoms. The highest BCUT2D eigenvalue weighted by Gasteiger charge is 2.23. The molecule has 0 amide bonds. The third kappa shape index (κ3) is 3.83. The quantitative estimate of drug-likeness (QED) is 0.478. The molecule has 0 saturated carbocycles. The Bertz CT molecular complexity index is 772. The smallest absolute Gasteiger partial charge is 0.383 e. The average Bonchev–Trinajstić information content (AvgIpc) is 2.41. The second kappa shape index (κ2) is 6.73. The molecule has 0 radical (unpaired) electrons. The lowest BCUT2D eigenvalue weighted by molar-refractivity contribution is -0.131. The van der Waals surface area contributed by atoms with Crippen molar-refractivity contribution < 1.29 is 23.4 Å². The second-order valence-electron chi connectivity index (χ2n) is 5.60. The molecule has 0 atom stereocenters. The predicted molar refractivity (Wildman–Crippen MR) is 85.3 cm³/mol. The van der Waals surface area contributed by atoms with Crippen LogP contribution in [0.2, 0.25) is 0 Å². The van der Waals surface area contributed by atoms with E-state index < -0.39 is 11.6 Å². The van der Waals surface area contributed by atoms with Gasteiger partial charge in [-0.1, -0.05) is 6.07 Å². The Morgan fingerprint density at radius 1 is 1.04 bits per heavy atom. The summed E-state index contributed by atoms with van der Waals surface area (Å²) in [5.41, 5.74) is -0.373. The monoisotopic (exact) mass is 320 g/mol. The Hall–Kier alpha value is -2.50. The summed E-state index contributed by atoms with van der Waals surface area (Å²) in [6, 6.07) is 4.85. The maximum absolute atomic E-state index is 12.2. The van der Waals surface area contributed by atoms with Gasteiger partial charge in [-0.3, -0.25) is 4.79 Å². The number of ether oxygens (including phenoxy) is 3. The number of fused-ring (bicyclic) bond motifs is 1. The van der Waals surface area contributed by atoms with Gasteiger partial charge in [0.2, 0.25) is 5.75 Å². The fraction of sp³-hybridized carbons (Fsp3) is 0.412. The SMILES string of the molecule is CC(=O)Oc1cccc2oc(=O)c(OC(C)C)c(OC(C)C)c12. The van der Waals surface area contributed by atoms with Crippen LogP contribution in [0.4, 0.5) is 0 Å². The van der Waals surface area contributed by atoms with Crippen molar-refractivity contribution in [1.29, 1.82) is 0 Å². The van der Waals surface area contributed by atoms with Crippen LogP contribution >= 0.6 is 0 Å². The number of hydrogen-bond donors (Lipinski definition) is 0. The number of esters is 1. The molecular formula is C17H20O6. The molecule has 2 aromatic rings. The highest BCUT2D eigenvalue weighted by atomic mass is 16.6. The van der Waals surface area contributed by atoms with Crippen molar-refractivity contribution in [3.8, 4) is 17.2 Å². The van der Waals surface area contributed by atoms with Crippen LogP contribution in [0, 0.1) is 0 Å². The van der Waals surface area contributed by atoms with Gasteiger partial charge in [0, 0.05) is 6.92 Å². The summed E-state index contributed by atoms with van der Waals surface area (Å²) >= 11 is 0. The number of carbonyl (C=O) groups excluding carboxylic acids is 1. The minimum absolute atomic E-state index is 0.0270. The molecule has 0 aliphatic heterocycles. The number of carbonyl (C=O) groups is 1. The first kappa shape index (κ1) is 16.9. The Morgan fingerprint density at radius 2 is 1.65 bits per heavy atom. The van der Waals surface area contributed by atoms with E-state index in [1.54, 1.807) is 32.0 Å². The highest BCUT2D eigenvalue weighted by molar-refractivity contribution is 5.93. The first-order valence-corrected chi connectivity index (χ1v) is 7.41. The van der Waals surface area contributed by atoms with E-state index in [0.29, 0.717) is 5.39 Å². The van der Waals surface area contributed by atoms with Crippen molar-refractivity contribution in [2.75, 3.05) is 0 Å². The van der Waals surface area contributed by atoms with E-state index in [1.807, 2.05) is 13.8 Å². The molecular weight excluding hydrogens is 300 g/mol. The molecule has 0 aliphatic carbocycles. The van der Waals surface area contributed by atoms with Crippen molar-refractivity contribution in [3.63, 3.8) is 0 Å². The van der Waals surface area contributed by atoms with Crippen LogP contribution in [0.5, 0.6) is 17.2 Å². The molecule has 0 bridgehead atoms. The van der Waals surface area contributed by atoms with Crippen LogP contribution in [0.1, 0.15) is 34.6 Å². The summed E-state index contributed by atoms with van der Waals surface area (Å²) in [6.07, 6.45) is -0.453. The number of hydrogen-bond acceptors (Lipinski definition) is 6. The van der Waals surface area contributed by atoms with Crippen molar-refractivity contribution in [3.05, 3.63) is 28.6 Å². The molecule has 1 heterocycles. The van der Waals surface area contributed by atoms with E-state index >= 15 is 0 Å². The second-order valence-corrected chi connectivity index (χ2v) is 5.60. The third-order valence-corrected chi connectivity index (χ3v) is 2.77. The van der Waals surface area contributed by atoms with Crippen molar-refractivity contribution in [2.24, 2.45) is 0 Å². The Labute approximate surface area is 134 Å². The van der Waals surface area contributed by atoms with Crippen molar-refractivity contribution in [1.82, 2.24) is 0 Å². The average molecular weight is 320 g/mol. The lowest BCUT2D eigenvalue weighted by Crippen LogP contribution is -2.17. The zero-order chi connectivity index (χ0) is 17.1. The highest BCUT2D eigenvalue weighted by Crippen LogP contribution is 2.39. The molecule has 23 heavy (non-hydrogen) atoms. The Balaban J connectivity index is 2.80. The van der Waals surface area contributed by atoms with Gasteiger partial charge in [-0.25, -0.2) is 4.79 Å². The zero-order valence-corrected chi connectivity index (χ0v) is 13.8. The van der Waals surface area contributed by atoms with Gasteiger partial charge < -0.3 is 18.6 Å². The van der Waals surface area contributed by atoms with Crippen molar-refractivity contribution in [2.45, 2.75) is 46.8 Å². The molecule has 1 aromatic carbocycles. The first-order valence-electron chi connectivity index (χ1n) is 7.41. The van der Waals surface area contributed by atoms with Crippen molar-refractivity contribution >= 4 is 16.9 Å². The van der Waals surface area contributed by atoms with Crippen LogP contribution in [0.3, 0.4) is 0 Å². The summed E-state index contributed by atoms with van der Waals surface area (Å²) < 4.78 is 21.9. The fourth-order valence-electron chi connectivity index (χ4n) is 2.10. The van der Waals surface area contributed by atoms with E-state index in [4.69, 9.17) is 18.6 Å². The van der Waals surface area contributed by atoms with Gasteiger partial charge in [-0.2, -0.15) is 0 Å². The summed E-state index contributed by atoms with van der Waals surface area (Å²) in [6.45, 7) is 8.54. The molecule has 2 rings (SSSR count). The van der Waals surface area contributed by atoms with Crippen LogP contribution in [0.25, 0.3) is 11.0 Å². The molecule has 1 aromatic heterocycles. The summed E-state index contributed by atoms with van der Waals surface area (Å²) in [5.74, 6) is -0.0360. The van der Waals surface area contributed by atoms with Gasteiger partial charge in [0.1, 0.15) is 16.7 Å². The normalized spacial score (nSPS) is 11.1. The maximum atomic E-state index is 12.2.